The number of benzene rings is 1. The van der Waals surface area contributed by atoms with Crippen molar-refractivity contribution in [3.63, 3.8) is 0 Å². The van der Waals surface area contributed by atoms with Gasteiger partial charge >= 0.3 is 6.18 Å². The highest BCUT2D eigenvalue weighted by Crippen LogP contribution is 2.29. The van der Waals surface area contributed by atoms with Crippen LogP contribution >= 0.6 is 0 Å². The van der Waals surface area contributed by atoms with E-state index in [1.165, 1.54) is 13.2 Å². The Morgan fingerprint density at radius 3 is 2.60 bits per heavy atom. The van der Waals surface area contributed by atoms with E-state index in [1.54, 1.807) is 18.2 Å². The summed E-state index contributed by atoms with van der Waals surface area (Å²) in [4.78, 5) is 0. The largest absolute Gasteiger partial charge is 0.497 e. The molecule has 1 aromatic carbocycles. The van der Waals surface area contributed by atoms with Gasteiger partial charge < -0.3 is 10.5 Å². The third-order valence-electron chi connectivity index (χ3n) is 1.97. The lowest BCUT2D eigenvalue weighted by molar-refractivity contribution is -0.138. The number of rotatable bonds is 3. The van der Waals surface area contributed by atoms with Gasteiger partial charge in [0, 0.05) is 6.04 Å². The number of ether oxygens (including phenoxy) is 1. The quantitative estimate of drug-likeness (QED) is 0.848. The van der Waals surface area contributed by atoms with Crippen LogP contribution in [0, 0.1) is 0 Å². The van der Waals surface area contributed by atoms with Gasteiger partial charge in [0.25, 0.3) is 0 Å². The maximum atomic E-state index is 12.1. The van der Waals surface area contributed by atoms with E-state index >= 15 is 0 Å². The van der Waals surface area contributed by atoms with Crippen LogP contribution in [0.4, 0.5) is 13.2 Å². The molecule has 84 valence electrons. The Hall–Kier alpha value is -1.23. The van der Waals surface area contributed by atoms with Gasteiger partial charge in [0.05, 0.1) is 13.5 Å². The molecule has 2 nitrogen and oxygen atoms in total. The van der Waals surface area contributed by atoms with Crippen LogP contribution in [0.1, 0.15) is 18.0 Å². The van der Waals surface area contributed by atoms with E-state index in [4.69, 9.17) is 10.5 Å². The summed E-state index contributed by atoms with van der Waals surface area (Å²) in [5, 5.41) is 0. The molecule has 15 heavy (non-hydrogen) atoms. The van der Waals surface area contributed by atoms with Crippen molar-refractivity contribution in [3.8, 4) is 5.75 Å². The fourth-order valence-electron chi connectivity index (χ4n) is 1.24. The predicted octanol–water partition coefficient (Wildman–Crippen LogP) is 2.65. The van der Waals surface area contributed by atoms with Gasteiger partial charge in [-0.3, -0.25) is 0 Å². The molecule has 0 fully saturated rings. The average Bonchev–Trinajstić information content (AvgIpc) is 2.15. The molecule has 0 bridgehead atoms. The van der Waals surface area contributed by atoms with Gasteiger partial charge in [-0.2, -0.15) is 13.2 Å². The van der Waals surface area contributed by atoms with Crippen LogP contribution < -0.4 is 10.5 Å². The molecular formula is C10H12F3NO. The van der Waals surface area contributed by atoms with E-state index in [0.717, 1.165) is 0 Å². The summed E-state index contributed by atoms with van der Waals surface area (Å²) in [6.45, 7) is 0. The van der Waals surface area contributed by atoms with E-state index in [9.17, 15) is 13.2 Å². The lowest BCUT2D eigenvalue weighted by atomic mass is 10.0. The second-order valence-electron chi connectivity index (χ2n) is 3.20. The molecule has 1 aromatic rings. The Kier molecular flexibility index (Phi) is 3.57. The van der Waals surface area contributed by atoms with E-state index < -0.39 is 18.6 Å². The maximum Gasteiger partial charge on any atom is 0.390 e. The van der Waals surface area contributed by atoms with Crippen molar-refractivity contribution in [2.24, 2.45) is 5.73 Å². The molecule has 0 aliphatic heterocycles. The predicted molar refractivity (Wildman–Crippen MR) is 50.6 cm³/mol. The second kappa shape index (κ2) is 4.53. The molecule has 0 saturated heterocycles. The van der Waals surface area contributed by atoms with E-state index in [0.29, 0.717) is 11.3 Å². The lowest BCUT2D eigenvalue weighted by Gasteiger charge is -2.14. The summed E-state index contributed by atoms with van der Waals surface area (Å²) in [5.74, 6) is 0.505. The molecule has 0 aliphatic rings. The monoisotopic (exact) mass is 219 g/mol. The van der Waals surface area contributed by atoms with Gasteiger partial charge in [0.2, 0.25) is 0 Å². The minimum Gasteiger partial charge on any atom is -0.497 e. The van der Waals surface area contributed by atoms with Crippen molar-refractivity contribution in [1.82, 2.24) is 0 Å². The third kappa shape index (κ3) is 3.79. The first-order chi connectivity index (χ1) is 6.92. The number of hydrogen-bond acceptors (Lipinski definition) is 2. The first-order valence-electron chi connectivity index (χ1n) is 4.38. The fourth-order valence-corrected chi connectivity index (χ4v) is 1.24. The van der Waals surface area contributed by atoms with Crippen LogP contribution in [0.25, 0.3) is 0 Å². The smallest absolute Gasteiger partial charge is 0.390 e. The van der Waals surface area contributed by atoms with E-state index in [-0.39, 0.29) is 0 Å². The lowest BCUT2D eigenvalue weighted by Crippen LogP contribution is -2.20. The molecule has 0 amide bonds. The topological polar surface area (TPSA) is 35.2 Å². The fraction of sp³-hybridized carbons (Fsp3) is 0.400. The minimum atomic E-state index is -4.25. The van der Waals surface area contributed by atoms with Crippen molar-refractivity contribution in [2.45, 2.75) is 18.6 Å². The van der Waals surface area contributed by atoms with Crippen molar-refractivity contribution in [3.05, 3.63) is 29.8 Å². The molecule has 0 aliphatic carbocycles. The molecular weight excluding hydrogens is 207 g/mol. The molecule has 1 atom stereocenters. The molecule has 0 unspecified atom stereocenters. The minimum absolute atomic E-state index is 0.423. The number of nitrogens with two attached hydrogens (primary N) is 1. The first kappa shape index (κ1) is 11.8. The highest BCUT2D eigenvalue weighted by Gasteiger charge is 2.30. The van der Waals surface area contributed by atoms with Crippen molar-refractivity contribution in [2.75, 3.05) is 7.11 Å². The molecule has 2 N–H and O–H groups in total. The molecule has 0 spiro atoms. The van der Waals surface area contributed by atoms with Crippen molar-refractivity contribution < 1.29 is 17.9 Å². The molecule has 1 rings (SSSR count). The van der Waals surface area contributed by atoms with Gasteiger partial charge in [0.1, 0.15) is 5.75 Å². The van der Waals surface area contributed by atoms with Gasteiger partial charge in [-0.1, -0.05) is 12.1 Å². The summed E-state index contributed by atoms with van der Waals surface area (Å²) in [6.07, 6.45) is -5.28. The second-order valence-corrected chi connectivity index (χ2v) is 3.20. The highest BCUT2D eigenvalue weighted by molar-refractivity contribution is 5.30. The van der Waals surface area contributed by atoms with Crippen LogP contribution in [-0.2, 0) is 0 Å². The zero-order valence-corrected chi connectivity index (χ0v) is 8.21. The van der Waals surface area contributed by atoms with Crippen LogP contribution in [0.3, 0.4) is 0 Å². The SMILES string of the molecule is COc1cccc([C@@H](N)CC(F)(F)F)c1. The van der Waals surface area contributed by atoms with Crippen LogP contribution in [0.2, 0.25) is 0 Å². The summed E-state index contributed by atoms with van der Waals surface area (Å²) >= 11 is 0. The average molecular weight is 219 g/mol. The summed E-state index contributed by atoms with van der Waals surface area (Å²) in [7, 11) is 1.45. The summed E-state index contributed by atoms with van der Waals surface area (Å²) < 4.78 is 41.1. The van der Waals surface area contributed by atoms with Crippen LogP contribution in [0.15, 0.2) is 24.3 Å². The summed E-state index contributed by atoms with van der Waals surface area (Å²) in [6, 6.07) is 5.30. The Bertz CT molecular complexity index is 325. The Morgan fingerprint density at radius 2 is 2.07 bits per heavy atom. The normalized spacial score (nSPS) is 13.7. The number of alkyl halides is 3. The first-order valence-corrected chi connectivity index (χ1v) is 4.38. The number of methoxy groups -OCH3 is 1. The summed E-state index contributed by atoms with van der Waals surface area (Å²) in [5.41, 5.74) is 5.85. The van der Waals surface area contributed by atoms with Gasteiger partial charge in [-0.15, -0.1) is 0 Å². The van der Waals surface area contributed by atoms with Gasteiger partial charge in [0.15, 0.2) is 0 Å². The number of halogens is 3. The van der Waals surface area contributed by atoms with E-state index in [2.05, 4.69) is 0 Å². The van der Waals surface area contributed by atoms with E-state index in [1.807, 2.05) is 0 Å². The maximum absolute atomic E-state index is 12.1. The molecule has 5 heteroatoms. The molecule has 0 radical (unpaired) electrons. The Balaban J connectivity index is 2.77. The number of hydrogen-bond donors (Lipinski definition) is 1. The van der Waals surface area contributed by atoms with Gasteiger partial charge in [-0.05, 0) is 17.7 Å². The molecule has 0 aromatic heterocycles. The van der Waals surface area contributed by atoms with Gasteiger partial charge in [-0.25, -0.2) is 0 Å². The Labute approximate surface area is 85.8 Å². The Morgan fingerprint density at radius 1 is 1.40 bits per heavy atom. The zero-order valence-electron chi connectivity index (χ0n) is 8.21. The standard InChI is InChI=1S/C10H12F3NO/c1-15-8-4-2-3-7(5-8)9(14)6-10(11,12)13/h2-5,9H,6,14H2,1H3/t9-/m0/s1. The van der Waals surface area contributed by atoms with Crippen molar-refractivity contribution >= 4 is 0 Å². The highest BCUT2D eigenvalue weighted by atomic mass is 19.4. The van der Waals surface area contributed by atoms with Crippen LogP contribution in [-0.4, -0.2) is 13.3 Å². The molecule has 0 heterocycles. The van der Waals surface area contributed by atoms with Crippen LogP contribution in [0.5, 0.6) is 5.75 Å². The van der Waals surface area contributed by atoms with Crippen molar-refractivity contribution in [1.29, 1.82) is 0 Å². The third-order valence-corrected chi connectivity index (χ3v) is 1.97. The zero-order chi connectivity index (χ0) is 11.5. The molecule has 0 saturated carbocycles.